The lowest BCUT2D eigenvalue weighted by Crippen LogP contribution is -2.44. The number of aryl methyl sites for hydroxylation is 1. The van der Waals surface area contributed by atoms with Crippen molar-refractivity contribution in [3.05, 3.63) is 47.1 Å². The van der Waals surface area contributed by atoms with Gasteiger partial charge in [0.1, 0.15) is 17.9 Å². The minimum absolute atomic E-state index is 0.293. The molecule has 2 aliphatic rings. The van der Waals surface area contributed by atoms with Crippen LogP contribution in [0.2, 0.25) is 0 Å². The molecule has 1 saturated carbocycles. The maximum Gasteiger partial charge on any atom is 0.272 e. The third-order valence-corrected chi connectivity index (χ3v) is 5.17. The molecule has 2 aromatic rings. The Morgan fingerprint density at radius 2 is 2.17 bits per heavy atom. The van der Waals surface area contributed by atoms with Gasteiger partial charge in [-0.25, -0.2) is 8.78 Å². The van der Waals surface area contributed by atoms with Crippen molar-refractivity contribution < 1.29 is 22.8 Å². The third-order valence-electron chi connectivity index (χ3n) is 5.17. The van der Waals surface area contributed by atoms with Crippen LogP contribution in [0, 0.1) is 12.8 Å². The number of ether oxygens (including phenoxy) is 1. The van der Waals surface area contributed by atoms with E-state index >= 15 is 0 Å². The van der Waals surface area contributed by atoms with Crippen molar-refractivity contribution in [1.29, 1.82) is 0 Å². The van der Waals surface area contributed by atoms with Gasteiger partial charge in [0, 0.05) is 18.1 Å². The number of allylic oxidation sites excluding steroid dienone is 2. The molecule has 8 heteroatoms. The zero-order chi connectivity index (χ0) is 20.6. The molecule has 4 rings (SSSR count). The van der Waals surface area contributed by atoms with E-state index in [-0.39, 0.29) is 5.91 Å². The lowest BCUT2D eigenvalue weighted by atomic mass is 9.93. The van der Waals surface area contributed by atoms with Crippen LogP contribution >= 0.6 is 0 Å². The Labute approximate surface area is 167 Å². The maximum absolute atomic E-state index is 13.0. The molecule has 1 atom stereocenters. The van der Waals surface area contributed by atoms with Gasteiger partial charge in [0.05, 0.1) is 0 Å². The maximum atomic E-state index is 13.0. The molecule has 0 unspecified atom stereocenters. The van der Waals surface area contributed by atoms with Crippen molar-refractivity contribution in [3.63, 3.8) is 0 Å². The molecule has 154 valence electrons. The van der Waals surface area contributed by atoms with E-state index < -0.39 is 18.6 Å². The number of carbonyl (C=O) groups is 1. The Bertz CT molecular complexity index is 952. The molecule has 1 aromatic carbocycles. The summed E-state index contributed by atoms with van der Waals surface area (Å²) in [7, 11) is 0. The van der Waals surface area contributed by atoms with Gasteiger partial charge >= 0.3 is 0 Å². The molecule has 1 heterocycles. The Balaban J connectivity index is 1.57. The van der Waals surface area contributed by atoms with Crippen LogP contribution in [0.1, 0.15) is 60.2 Å². The number of alkyl halides is 2. The van der Waals surface area contributed by atoms with Crippen molar-refractivity contribution in [1.82, 2.24) is 15.5 Å². The van der Waals surface area contributed by atoms with Gasteiger partial charge in [0.2, 0.25) is 5.89 Å². The normalized spacial score (nSPS) is 17.6. The first kappa shape index (κ1) is 19.5. The first-order chi connectivity index (χ1) is 13.8. The monoisotopic (exact) mass is 403 g/mol. The lowest BCUT2D eigenvalue weighted by Gasteiger charge is -2.28. The van der Waals surface area contributed by atoms with Crippen LogP contribution in [0.4, 0.5) is 8.78 Å². The molecule has 0 bridgehead atoms. The Hall–Kier alpha value is -2.77. The van der Waals surface area contributed by atoms with E-state index in [1.807, 2.05) is 13.0 Å². The van der Waals surface area contributed by atoms with Crippen LogP contribution in [-0.4, -0.2) is 29.1 Å². The van der Waals surface area contributed by atoms with Crippen molar-refractivity contribution in [2.45, 2.75) is 51.5 Å². The summed E-state index contributed by atoms with van der Waals surface area (Å²) in [6, 6.07) is 4.94. The quantitative estimate of drug-likeness (QED) is 0.677. The first-order valence-corrected chi connectivity index (χ1v) is 9.72. The smallest absolute Gasteiger partial charge is 0.272 e. The SMILES string of the molecule is Cc1nc([C@](C)(CC2CC2)NC(=O)c2ccc(C3=CC3)c(OCC(F)F)c2)no1. The van der Waals surface area contributed by atoms with Gasteiger partial charge in [0.15, 0.2) is 5.82 Å². The predicted octanol–water partition coefficient (Wildman–Crippen LogP) is 4.25. The second kappa shape index (κ2) is 7.57. The van der Waals surface area contributed by atoms with Gasteiger partial charge in [-0.05, 0) is 43.4 Å². The van der Waals surface area contributed by atoms with Crippen molar-refractivity contribution in [2.75, 3.05) is 6.61 Å². The number of nitrogens with one attached hydrogen (secondary N) is 1. The minimum atomic E-state index is -2.59. The van der Waals surface area contributed by atoms with Crippen LogP contribution in [-0.2, 0) is 5.54 Å². The largest absolute Gasteiger partial charge is 0.487 e. The molecule has 1 N–H and O–H groups in total. The molecule has 0 saturated heterocycles. The van der Waals surface area contributed by atoms with Crippen molar-refractivity contribution >= 4 is 11.5 Å². The summed E-state index contributed by atoms with van der Waals surface area (Å²) >= 11 is 0. The Morgan fingerprint density at radius 3 is 2.76 bits per heavy atom. The van der Waals surface area contributed by atoms with Gasteiger partial charge in [-0.1, -0.05) is 30.1 Å². The highest BCUT2D eigenvalue weighted by Gasteiger charge is 2.39. The summed E-state index contributed by atoms with van der Waals surface area (Å²) in [5.74, 6) is 1.33. The van der Waals surface area contributed by atoms with Crippen LogP contribution < -0.4 is 10.1 Å². The summed E-state index contributed by atoms with van der Waals surface area (Å²) in [5.41, 5.74) is 1.33. The van der Waals surface area contributed by atoms with Gasteiger partial charge in [-0.15, -0.1) is 0 Å². The highest BCUT2D eigenvalue weighted by molar-refractivity contribution is 5.96. The van der Waals surface area contributed by atoms with Crippen molar-refractivity contribution in [2.24, 2.45) is 5.92 Å². The highest BCUT2D eigenvalue weighted by atomic mass is 19.3. The zero-order valence-electron chi connectivity index (χ0n) is 16.4. The molecular weight excluding hydrogens is 380 g/mol. The van der Waals surface area contributed by atoms with E-state index in [4.69, 9.17) is 9.26 Å². The van der Waals surface area contributed by atoms with E-state index in [9.17, 15) is 13.6 Å². The van der Waals surface area contributed by atoms with Crippen LogP contribution in [0.15, 0.2) is 28.8 Å². The number of aromatic nitrogens is 2. The molecule has 1 amide bonds. The van der Waals surface area contributed by atoms with Crippen LogP contribution in [0.3, 0.4) is 0 Å². The molecule has 0 radical (unpaired) electrons. The minimum Gasteiger partial charge on any atom is -0.487 e. The third kappa shape index (κ3) is 4.63. The fourth-order valence-corrected chi connectivity index (χ4v) is 3.42. The second-order valence-corrected chi connectivity index (χ2v) is 7.92. The predicted molar refractivity (Wildman–Crippen MR) is 102 cm³/mol. The number of rotatable bonds is 9. The van der Waals surface area contributed by atoms with E-state index in [0.717, 1.165) is 30.4 Å². The van der Waals surface area contributed by atoms with Gasteiger partial charge < -0.3 is 14.6 Å². The number of amides is 1. The molecule has 1 aromatic heterocycles. The summed E-state index contributed by atoms with van der Waals surface area (Å²) in [4.78, 5) is 17.3. The fraction of sp³-hybridized carbons (Fsp3) is 0.476. The second-order valence-electron chi connectivity index (χ2n) is 7.92. The highest BCUT2D eigenvalue weighted by Crippen LogP contribution is 2.41. The zero-order valence-corrected chi connectivity index (χ0v) is 16.4. The average Bonchev–Trinajstić information content (AvgIpc) is 3.60. The number of benzene rings is 1. The summed E-state index contributed by atoms with van der Waals surface area (Å²) in [5, 5.41) is 7.04. The molecule has 2 aliphatic carbocycles. The average molecular weight is 403 g/mol. The molecular formula is C21H23F2N3O3. The first-order valence-electron chi connectivity index (χ1n) is 9.72. The molecule has 6 nitrogen and oxygen atoms in total. The van der Waals surface area contributed by atoms with Gasteiger partial charge in [-0.2, -0.15) is 4.98 Å². The molecule has 29 heavy (non-hydrogen) atoms. The van der Waals surface area contributed by atoms with Crippen molar-refractivity contribution in [3.8, 4) is 5.75 Å². The van der Waals surface area contributed by atoms with E-state index in [2.05, 4.69) is 15.5 Å². The van der Waals surface area contributed by atoms with E-state index in [0.29, 0.717) is 35.4 Å². The fourth-order valence-electron chi connectivity index (χ4n) is 3.42. The Kier molecular flexibility index (Phi) is 5.10. The number of halogens is 2. The number of hydrogen-bond acceptors (Lipinski definition) is 5. The summed E-state index contributed by atoms with van der Waals surface area (Å²) in [6.45, 7) is 2.87. The van der Waals surface area contributed by atoms with E-state index in [1.54, 1.807) is 19.1 Å². The summed E-state index contributed by atoms with van der Waals surface area (Å²) in [6.07, 6.45) is 3.12. The standard InChI is InChI=1S/C21H23F2N3O3/c1-12-24-20(26-29-12)21(2,10-13-3-4-13)25-19(27)15-7-8-16(14-5-6-14)17(9-15)28-11-18(22)23/h5,7-9,13,18H,3-4,6,10-11H2,1-2H3,(H,25,27)/t21-/m0/s1. The topological polar surface area (TPSA) is 77.2 Å². The Morgan fingerprint density at radius 1 is 1.41 bits per heavy atom. The molecule has 0 spiro atoms. The van der Waals surface area contributed by atoms with E-state index in [1.165, 1.54) is 6.07 Å². The van der Waals surface area contributed by atoms with Crippen LogP contribution in [0.5, 0.6) is 5.75 Å². The lowest BCUT2D eigenvalue weighted by molar-refractivity contribution is 0.0815. The van der Waals surface area contributed by atoms with Crippen LogP contribution in [0.25, 0.3) is 5.57 Å². The number of nitrogens with zero attached hydrogens (tertiary/aromatic N) is 2. The number of hydrogen-bond donors (Lipinski definition) is 1. The van der Waals surface area contributed by atoms with Gasteiger partial charge in [0.25, 0.3) is 12.3 Å². The number of carbonyl (C=O) groups excluding carboxylic acids is 1. The molecule has 1 fully saturated rings. The summed E-state index contributed by atoms with van der Waals surface area (Å²) < 4.78 is 35.6. The molecule has 0 aliphatic heterocycles. The van der Waals surface area contributed by atoms with Gasteiger partial charge in [-0.3, -0.25) is 4.79 Å².